The minimum atomic E-state index is 0.182. The first-order valence-corrected chi connectivity index (χ1v) is 7.82. The zero-order chi connectivity index (χ0) is 14.1. The third kappa shape index (κ3) is 2.36. The summed E-state index contributed by atoms with van der Waals surface area (Å²) in [6.07, 6.45) is 4.23. The van der Waals surface area contributed by atoms with Crippen LogP contribution < -0.4 is 10.2 Å². The van der Waals surface area contributed by atoms with E-state index in [0.717, 1.165) is 29.4 Å². The Morgan fingerprint density at radius 2 is 2.10 bits per heavy atom. The fraction of sp³-hybridized carbons (Fsp3) is 0.312. The average molecular weight is 286 g/mol. The van der Waals surface area contributed by atoms with Crippen molar-refractivity contribution in [2.24, 2.45) is 0 Å². The topological polar surface area (TPSA) is 32.3 Å². The fourth-order valence-corrected chi connectivity index (χ4v) is 3.61. The highest BCUT2D eigenvalue weighted by Crippen LogP contribution is 2.44. The van der Waals surface area contributed by atoms with E-state index in [1.54, 1.807) is 17.8 Å². The van der Waals surface area contributed by atoms with Gasteiger partial charge in [-0.05, 0) is 38.1 Å². The summed E-state index contributed by atoms with van der Waals surface area (Å²) < 4.78 is 0. The molecule has 0 unspecified atom stereocenters. The van der Waals surface area contributed by atoms with Crippen LogP contribution in [-0.4, -0.2) is 18.9 Å². The van der Waals surface area contributed by atoms with Crippen molar-refractivity contribution in [3.05, 3.63) is 41.0 Å². The van der Waals surface area contributed by atoms with Crippen LogP contribution in [0, 0.1) is 0 Å². The van der Waals surface area contributed by atoms with Crippen molar-refractivity contribution < 1.29 is 4.79 Å². The Morgan fingerprint density at radius 1 is 1.30 bits per heavy atom. The summed E-state index contributed by atoms with van der Waals surface area (Å²) in [5.74, 6) is 0.182. The van der Waals surface area contributed by atoms with E-state index in [1.165, 1.54) is 10.6 Å². The number of anilines is 2. The Morgan fingerprint density at radius 3 is 2.85 bits per heavy atom. The van der Waals surface area contributed by atoms with Gasteiger partial charge in [0.05, 0.1) is 5.69 Å². The van der Waals surface area contributed by atoms with Crippen molar-refractivity contribution in [1.82, 2.24) is 0 Å². The Kier molecular flexibility index (Phi) is 3.57. The molecular formula is C16H18N2OS. The first-order valence-electron chi connectivity index (χ1n) is 7.00. The molecule has 3 rings (SSSR count). The van der Waals surface area contributed by atoms with Crippen LogP contribution in [0.2, 0.25) is 0 Å². The Hall–Kier alpha value is -1.68. The maximum Gasteiger partial charge on any atom is 0.160 e. The molecule has 1 heterocycles. The van der Waals surface area contributed by atoms with E-state index in [0.29, 0.717) is 6.42 Å². The summed E-state index contributed by atoms with van der Waals surface area (Å²) in [6, 6.07) is 6.49. The molecule has 3 nitrogen and oxygen atoms in total. The number of fused-ring (bicyclic) bond motifs is 2. The van der Waals surface area contributed by atoms with Gasteiger partial charge in [0.15, 0.2) is 5.78 Å². The number of hydrogen-bond acceptors (Lipinski definition) is 4. The van der Waals surface area contributed by atoms with Gasteiger partial charge in [-0.3, -0.25) is 4.79 Å². The number of nitrogens with zero attached hydrogens (tertiary/aromatic N) is 1. The van der Waals surface area contributed by atoms with Gasteiger partial charge in [0.2, 0.25) is 0 Å². The molecule has 0 atom stereocenters. The number of ketones is 1. The van der Waals surface area contributed by atoms with Gasteiger partial charge in [-0.15, -0.1) is 0 Å². The van der Waals surface area contributed by atoms with E-state index in [4.69, 9.17) is 0 Å². The smallest absolute Gasteiger partial charge is 0.160 e. The first kappa shape index (κ1) is 13.3. The monoisotopic (exact) mass is 286 g/mol. The van der Waals surface area contributed by atoms with Crippen molar-refractivity contribution in [1.29, 1.82) is 0 Å². The molecule has 0 fully saturated rings. The lowest BCUT2D eigenvalue weighted by Gasteiger charge is -2.27. The van der Waals surface area contributed by atoms with Gasteiger partial charge >= 0.3 is 0 Å². The SMILES string of the molecule is CCN(CC)c1ccc2c(c1)SC1=CC(=O)CC=C1N2. The summed E-state index contributed by atoms with van der Waals surface area (Å²) in [5, 5.41) is 3.42. The minimum absolute atomic E-state index is 0.182. The highest BCUT2D eigenvalue weighted by Gasteiger charge is 2.22. The molecule has 20 heavy (non-hydrogen) atoms. The van der Waals surface area contributed by atoms with Crippen LogP contribution in [0.15, 0.2) is 45.8 Å². The van der Waals surface area contributed by atoms with Crippen LogP contribution >= 0.6 is 11.8 Å². The average Bonchev–Trinajstić information content (AvgIpc) is 2.46. The van der Waals surface area contributed by atoms with Crippen LogP contribution in [0.5, 0.6) is 0 Å². The first-order chi connectivity index (χ1) is 9.71. The zero-order valence-electron chi connectivity index (χ0n) is 11.8. The van der Waals surface area contributed by atoms with Crippen LogP contribution in [-0.2, 0) is 4.79 Å². The molecule has 4 heteroatoms. The van der Waals surface area contributed by atoms with E-state index < -0.39 is 0 Å². The summed E-state index contributed by atoms with van der Waals surface area (Å²) in [4.78, 5) is 16.1. The lowest BCUT2D eigenvalue weighted by Crippen LogP contribution is -2.22. The summed E-state index contributed by atoms with van der Waals surface area (Å²) in [5.41, 5.74) is 3.43. The van der Waals surface area contributed by atoms with E-state index in [1.807, 2.05) is 6.08 Å². The number of rotatable bonds is 3. The number of thioether (sulfide) groups is 1. The van der Waals surface area contributed by atoms with E-state index in [2.05, 4.69) is 42.3 Å². The number of nitrogens with one attached hydrogen (secondary N) is 1. The second-order valence-electron chi connectivity index (χ2n) is 4.88. The van der Waals surface area contributed by atoms with E-state index in [-0.39, 0.29) is 5.78 Å². The molecule has 0 aromatic heterocycles. The zero-order valence-corrected chi connectivity index (χ0v) is 12.6. The molecule has 1 aromatic rings. The number of carbonyl (C=O) groups is 1. The van der Waals surface area contributed by atoms with Gasteiger partial charge in [-0.1, -0.05) is 17.8 Å². The molecule has 1 aliphatic carbocycles. The summed E-state index contributed by atoms with van der Waals surface area (Å²) in [7, 11) is 0. The van der Waals surface area contributed by atoms with Gasteiger partial charge in [0.1, 0.15) is 0 Å². The molecule has 0 spiro atoms. The van der Waals surface area contributed by atoms with Gasteiger partial charge in [-0.25, -0.2) is 0 Å². The van der Waals surface area contributed by atoms with E-state index >= 15 is 0 Å². The molecule has 0 amide bonds. The molecule has 0 radical (unpaired) electrons. The second-order valence-corrected chi connectivity index (χ2v) is 5.96. The minimum Gasteiger partial charge on any atom is -0.372 e. The Labute approximate surface area is 123 Å². The summed E-state index contributed by atoms with van der Waals surface area (Å²) in [6.45, 7) is 6.33. The lowest BCUT2D eigenvalue weighted by atomic mass is 10.1. The highest BCUT2D eigenvalue weighted by molar-refractivity contribution is 8.03. The summed E-state index contributed by atoms with van der Waals surface area (Å²) >= 11 is 1.68. The van der Waals surface area contributed by atoms with Gasteiger partial charge in [-0.2, -0.15) is 0 Å². The van der Waals surface area contributed by atoms with E-state index in [9.17, 15) is 4.79 Å². The second kappa shape index (κ2) is 5.37. The number of allylic oxidation sites excluding steroid dienone is 2. The maximum absolute atomic E-state index is 11.5. The number of hydrogen-bond donors (Lipinski definition) is 1. The predicted octanol–water partition coefficient (Wildman–Crippen LogP) is 3.79. The van der Waals surface area contributed by atoms with Gasteiger partial charge in [0, 0.05) is 40.7 Å². The molecule has 0 saturated heterocycles. The third-order valence-corrected chi connectivity index (χ3v) is 4.76. The normalized spacial score (nSPS) is 16.6. The highest BCUT2D eigenvalue weighted by atomic mass is 32.2. The quantitative estimate of drug-likeness (QED) is 0.916. The number of carbonyl (C=O) groups excluding carboxylic acids is 1. The number of benzene rings is 1. The molecular weight excluding hydrogens is 268 g/mol. The van der Waals surface area contributed by atoms with Crippen molar-refractivity contribution >= 4 is 28.9 Å². The standard InChI is InChI=1S/C16H18N2OS/c1-3-18(4-2)11-5-7-13-15(9-11)20-16-10-12(19)6-8-14(16)17-13/h5,7-10,17H,3-4,6H2,1-2H3. The molecule has 1 aromatic carbocycles. The van der Waals surface area contributed by atoms with Crippen molar-refractivity contribution in [3.8, 4) is 0 Å². The molecule has 104 valence electrons. The van der Waals surface area contributed by atoms with Crippen LogP contribution in [0.4, 0.5) is 11.4 Å². The van der Waals surface area contributed by atoms with Crippen molar-refractivity contribution in [2.75, 3.05) is 23.3 Å². The van der Waals surface area contributed by atoms with Crippen molar-refractivity contribution in [2.45, 2.75) is 25.2 Å². The fourth-order valence-electron chi connectivity index (χ4n) is 2.53. The Balaban J connectivity index is 1.96. The lowest BCUT2D eigenvalue weighted by molar-refractivity contribution is -0.113. The largest absolute Gasteiger partial charge is 0.372 e. The molecule has 1 aliphatic heterocycles. The van der Waals surface area contributed by atoms with Crippen LogP contribution in [0.25, 0.3) is 0 Å². The predicted molar refractivity (Wildman–Crippen MR) is 85.3 cm³/mol. The van der Waals surface area contributed by atoms with Gasteiger partial charge in [0.25, 0.3) is 0 Å². The van der Waals surface area contributed by atoms with Crippen LogP contribution in [0.1, 0.15) is 20.3 Å². The third-order valence-electron chi connectivity index (χ3n) is 3.65. The molecule has 0 bridgehead atoms. The Bertz CT molecular complexity index is 615. The molecule has 0 saturated carbocycles. The molecule has 1 N–H and O–H groups in total. The van der Waals surface area contributed by atoms with Crippen LogP contribution in [0.3, 0.4) is 0 Å². The van der Waals surface area contributed by atoms with Gasteiger partial charge < -0.3 is 10.2 Å². The molecule has 2 aliphatic rings. The van der Waals surface area contributed by atoms with Crippen molar-refractivity contribution in [3.63, 3.8) is 0 Å². The maximum atomic E-state index is 11.5.